The summed E-state index contributed by atoms with van der Waals surface area (Å²) >= 11 is 3.33. The molecule has 0 aliphatic rings. The number of nitrogen functional groups attached to an aromatic ring is 1. The van der Waals surface area contributed by atoms with E-state index in [1.165, 1.54) is 0 Å². The number of aryl methyl sites for hydroxylation is 1. The summed E-state index contributed by atoms with van der Waals surface area (Å²) in [6, 6.07) is 7.83. The molecular formula is C13H11N3S2. The summed E-state index contributed by atoms with van der Waals surface area (Å²) in [5, 5.41) is 3.17. The SMILES string of the molecule is Cc1csc(Sc2ccnc3cc(N)ccc23)n1. The van der Waals surface area contributed by atoms with Crippen LogP contribution >= 0.6 is 23.1 Å². The van der Waals surface area contributed by atoms with Crippen molar-refractivity contribution >= 4 is 39.7 Å². The van der Waals surface area contributed by atoms with Gasteiger partial charge in [0.25, 0.3) is 0 Å². The predicted molar refractivity (Wildman–Crippen MR) is 77.1 cm³/mol. The normalized spacial score (nSPS) is 10.9. The van der Waals surface area contributed by atoms with E-state index in [1.54, 1.807) is 23.1 Å². The van der Waals surface area contributed by atoms with Gasteiger partial charge in [0.05, 0.1) is 5.52 Å². The Morgan fingerprint density at radius 2 is 2.17 bits per heavy atom. The van der Waals surface area contributed by atoms with Crippen LogP contribution in [0, 0.1) is 6.92 Å². The Kier molecular flexibility index (Phi) is 2.93. The lowest BCUT2D eigenvalue weighted by atomic mass is 10.2. The third kappa shape index (κ3) is 2.19. The van der Waals surface area contributed by atoms with Crippen molar-refractivity contribution in [2.45, 2.75) is 16.2 Å². The first-order chi connectivity index (χ1) is 8.72. The lowest BCUT2D eigenvalue weighted by Crippen LogP contribution is -1.87. The van der Waals surface area contributed by atoms with E-state index < -0.39 is 0 Å². The topological polar surface area (TPSA) is 51.8 Å². The van der Waals surface area contributed by atoms with E-state index >= 15 is 0 Å². The molecule has 18 heavy (non-hydrogen) atoms. The summed E-state index contributed by atoms with van der Waals surface area (Å²) in [6.07, 6.45) is 1.81. The van der Waals surface area contributed by atoms with Crippen molar-refractivity contribution in [1.29, 1.82) is 0 Å². The quantitative estimate of drug-likeness (QED) is 0.723. The molecule has 0 bridgehead atoms. The lowest BCUT2D eigenvalue weighted by Gasteiger charge is -2.04. The molecule has 3 nitrogen and oxygen atoms in total. The Morgan fingerprint density at radius 1 is 1.28 bits per heavy atom. The number of rotatable bonds is 2. The predicted octanol–water partition coefficient (Wildman–Crippen LogP) is 3.73. The van der Waals surface area contributed by atoms with E-state index in [1.807, 2.05) is 37.4 Å². The first-order valence-corrected chi connectivity index (χ1v) is 7.16. The smallest absolute Gasteiger partial charge is 0.154 e. The molecule has 0 radical (unpaired) electrons. The van der Waals surface area contributed by atoms with Crippen LogP contribution in [-0.2, 0) is 0 Å². The van der Waals surface area contributed by atoms with Crippen molar-refractivity contribution < 1.29 is 0 Å². The van der Waals surface area contributed by atoms with Crippen molar-refractivity contribution in [2.24, 2.45) is 0 Å². The minimum absolute atomic E-state index is 0.738. The maximum atomic E-state index is 5.77. The Hall–Kier alpha value is -1.59. The molecule has 1 aromatic carbocycles. The first-order valence-electron chi connectivity index (χ1n) is 5.46. The highest BCUT2D eigenvalue weighted by Gasteiger charge is 2.06. The zero-order valence-electron chi connectivity index (χ0n) is 9.75. The largest absolute Gasteiger partial charge is 0.399 e. The molecule has 0 saturated carbocycles. The monoisotopic (exact) mass is 273 g/mol. The molecule has 5 heteroatoms. The van der Waals surface area contributed by atoms with Crippen LogP contribution in [0.15, 0.2) is 45.1 Å². The number of fused-ring (bicyclic) bond motifs is 1. The van der Waals surface area contributed by atoms with E-state index in [2.05, 4.69) is 15.3 Å². The van der Waals surface area contributed by atoms with Gasteiger partial charge >= 0.3 is 0 Å². The molecular weight excluding hydrogens is 262 g/mol. The van der Waals surface area contributed by atoms with Gasteiger partial charge in [-0.3, -0.25) is 4.98 Å². The summed E-state index contributed by atoms with van der Waals surface area (Å²) in [6.45, 7) is 2.01. The van der Waals surface area contributed by atoms with Gasteiger partial charge < -0.3 is 5.73 Å². The van der Waals surface area contributed by atoms with Gasteiger partial charge in [-0.15, -0.1) is 11.3 Å². The highest BCUT2D eigenvalue weighted by Crippen LogP contribution is 2.34. The molecule has 0 atom stereocenters. The van der Waals surface area contributed by atoms with Crippen LogP contribution in [0.5, 0.6) is 0 Å². The second-order valence-electron chi connectivity index (χ2n) is 3.94. The Labute approximate surface area is 113 Å². The van der Waals surface area contributed by atoms with Crippen LogP contribution < -0.4 is 5.73 Å². The fraction of sp³-hybridized carbons (Fsp3) is 0.0769. The fourth-order valence-electron chi connectivity index (χ4n) is 1.70. The summed E-state index contributed by atoms with van der Waals surface area (Å²) in [7, 11) is 0. The van der Waals surface area contributed by atoms with Crippen LogP contribution in [0.25, 0.3) is 10.9 Å². The van der Waals surface area contributed by atoms with Crippen LogP contribution in [0.1, 0.15) is 5.69 Å². The van der Waals surface area contributed by atoms with Crippen LogP contribution in [-0.4, -0.2) is 9.97 Å². The van der Waals surface area contributed by atoms with Gasteiger partial charge in [0.1, 0.15) is 0 Å². The molecule has 3 rings (SSSR count). The second kappa shape index (κ2) is 4.59. The number of nitrogens with zero attached hydrogens (tertiary/aromatic N) is 2. The maximum absolute atomic E-state index is 5.77. The standard InChI is InChI=1S/C13H11N3S2/c1-8-7-17-13(16-8)18-12-4-5-15-11-6-9(14)2-3-10(11)12/h2-7H,14H2,1H3. The number of hydrogen-bond acceptors (Lipinski definition) is 5. The molecule has 2 N–H and O–H groups in total. The van der Waals surface area contributed by atoms with Gasteiger partial charge in [0, 0.05) is 33.2 Å². The number of benzene rings is 1. The van der Waals surface area contributed by atoms with Gasteiger partial charge in [-0.1, -0.05) is 11.8 Å². The Bertz CT molecular complexity index is 706. The molecule has 3 aromatic rings. The molecule has 0 aliphatic heterocycles. The third-order valence-corrected chi connectivity index (χ3v) is 4.65. The van der Waals surface area contributed by atoms with E-state index in [0.29, 0.717) is 0 Å². The molecule has 90 valence electrons. The number of thiazole rings is 1. The van der Waals surface area contributed by atoms with Gasteiger partial charge in [0.2, 0.25) is 0 Å². The molecule has 0 saturated heterocycles. The lowest BCUT2D eigenvalue weighted by molar-refractivity contribution is 1.16. The Morgan fingerprint density at radius 3 is 2.94 bits per heavy atom. The number of aromatic nitrogens is 2. The second-order valence-corrected chi connectivity index (χ2v) is 6.09. The van der Waals surface area contributed by atoms with Gasteiger partial charge in [0.15, 0.2) is 4.34 Å². The summed E-state index contributed by atoms with van der Waals surface area (Å²) in [5.41, 5.74) is 8.50. The minimum atomic E-state index is 0.738. The molecule has 0 unspecified atom stereocenters. The van der Waals surface area contributed by atoms with Gasteiger partial charge in [-0.05, 0) is 31.2 Å². The first kappa shape index (κ1) is 11.5. The van der Waals surface area contributed by atoms with Crippen LogP contribution in [0.2, 0.25) is 0 Å². The average Bonchev–Trinajstić information content (AvgIpc) is 2.75. The molecule has 0 aliphatic carbocycles. The summed E-state index contributed by atoms with van der Waals surface area (Å²) in [4.78, 5) is 9.97. The number of nitrogens with two attached hydrogens (primary N) is 1. The average molecular weight is 273 g/mol. The summed E-state index contributed by atoms with van der Waals surface area (Å²) < 4.78 is 1.05. The van der Waals surface area contributed by atoms with E-state index in [9.17, 15) is 0 Å². The van der Waals surface area contributed by atoms with E-state index in [4.69, 9.17) is 5.73 Å². The zero-order valence-corrected chi connectivity index (χ0v) is 11.4. The van der Waals surface area contributed by atoms with Gasteiger partial charge in [-0.25, -0.2) is 4.98 Å². The number of hydrogen-bond donors (Lipinski definition) is 1. The van der Waals surface area contributed by atoms with Crippen molar-refractivity contribution in [2.75, 3.05) is 5.73 Å². The third-order valence-electron chi connectivity index (χ3n) is 2.52. The van der Waals surface area contributed by atoms with Crippen molar-refractivity contribution in [3.05, 3.63) is 41.5 Å². The highest BCUT2D eigenvalue weighted by atomic mass is 32.2. The number of pyridine rings is 1. The molecule has 0 fully saturated rings. The minimum Gasteiger partial charge on any atom is -0.399 e. The highest BCUT2D eigenvalue weighted by molar-refractivity contribution is 8.01. The fourth-order valence-corrected chi connectivity index (χ4v) is 3.62. The van der Waals surface area contributed by atoms with Gasteiger partial charge in [-0.2, -0.15) is 0 Å². The van der Waals surface area contributed by atoms with Crippen LogP contribution in [0.4, 0.5) is 5.69 Å². The van der Waals surface area contributed by atoms with E-state index in [0.717, 1.165) is 31.5 Å². The molecule has 2 aromatic heterocycles. The molecule has 2 heterocycles. The maximum Gasteiger partial charge on any atom is 0.154 e. The Balaban J connectivity index is 2.06. The van der Waals surface area contributed by atoms with Crippen molar-refractivity contribution in [3.8, 4) is 0 Å². The van der Waals surface area contributed by atoms with Crippen LogP contribution in [0.3, 0.4) is 0 Å². The number of anilines is 1. The molecule has 0 spiro atoms. The van der Waals surface area contributed by atoms with Crippen molar-refractivity contribution in [1.82, 2.24) is 9.97 Å². The summed E-state index contributed by atoms with van der Waals surface area (Å²) in [5.74, 6) is 0. The zero-order chi connectivity index (χ0) is 12.5. The molecule has 0 amide bonds. The van der Waals surface area contributed by atoms with E-state index in [-0.39, 0.29) is 0 Å². The van der Waals surface area contributed by atoms with Crippen molar-refractivity contribution in [3.63, 3.8) is 0 Å².